The number of nitrogens with zero attached hydrogens (tertiary/aromatic N) is 2. The molecular formula is C11H21N3O2. The highest BCUT2D eigenvalue weighted by Crippen LogP contribution is 2.00. The molecule has 0 saturated carbocycles. The molecule has 0 saturated heterocycles. The molecule has 1 heterocycles. The van der Waals surface area contributed by atoms with E-state index in [-0.39, 0.29) is 6.29 Å². The number of hydrogen-bond acceptors (Lipinski definition) is 4. The van der Waals surface area contributed by atoms with Crippen LogP contribution in [0.25, 0.3) is 0 Å². The highest BCUT2D eigenvalue weighted by Gasteiger charge is 2.05. The number of hydrogen-bond donors (Lipinski definition) is 1. The van der Waals surface area contributed by atoms with Crippen LogP contribution in [0, 0.1) is 0 Å². The van der Waals surface area contributed by atoms with E-state index in [0.717, 1.165) is 19.5 Å². The molecular weight excluding hydrogens is 206 g/mol. The summed E-state index contributed by atoms with van der Waals surface area (Å²) in [6.07, 6.45) is 4.67. The van der Waals surface area contributed by atoms with Crippen molar-refractivity contribution in [2.75, 3.05) is 20.8 Å². The van der Waals surface area contributed by atoms with E-state index in [9.17, 15) is 0 Å². The van der Waals surface area contributed by atoms with Crippen molar-refractivity contribution in [1.29, 1.82) is 0 Å². The van der Waals surface area contributed by atoms with Gasteiger partial charge in [-0.05, 0) is 6.42 Å². The van der Waals surface area contributed by atoms with Crippen LogP contribution in [0.5, 0.6) is 0 Å². The maximum absolute atomic E-state index is 5.09. The molecule has 1 N–H and O–H groups in total. The van der Waals surface area contributed by atoms with Gasteiger partial charge in [-0.2, -0.15) is 0 Å². The quantitative estimate of drug-likeness (QED) is 0.673. The molecule has 0 fully saturated rings. The Morgan fingerprint density at radius 1 is 1.44 bits per heavy atom. The third-order valence-electron chi connectivity index (χ3n) is 2.41. The molecule has 0 aliphatic rings. The second-order valence-corrected chi connectivity index (χ2v) is 3.61. The van der Waals surface area contributed by atoms with Gasteiger partial charge in [0.2, 0.25) is 0 Å². The molecule has 0 aromatic carbocycles. The number of imidazole rings is 1. The summed E-state index contributed by atoms with van der Waals surface area (Å²) in [5, 5.41) is 3.28. The molecule has 0 unspecified atom stereocenters. The van der Waals surface area contributed by atoms with Gasteiger partial charge in [-0.15, -0.1) is 0 Å². The lowest BCUT2D eigenvalue weighted by Crippen LogP contribution is -2.30. The summed E-state index contributed by atoms with van der Waals surface area (Å²) in [4.78, 5) is 4.14. The second kappa shape index (κ2) is 7.38. The van der Waals surface area contributed by atoms with Gasteiger partial charge in [0.05, 0.1) is 12.0 Å². The summed E-state index contributed by atoms with van der Waals surface area (Å²) in [7, 11) is 3.27. The fourth-order valence-corrected chi connectivity index (χ4v) is 1.52. The summed E-state index contributed by atoms with van der Waals surface area (Å²) in [5.74, 6) is 0. The first kappa shape index (κ1) is 13.2. The Morgan fingerprint density at radius 2 is 2.19 bits per heavy atom. The Bertz CT molecular complexity index is 285. The molecule has 0 aliphatic heterocycles. The number of aromatic nitrogens is 2. The van der Waals surface area contributed by atoms with E-state index in [1.165, 1.54) is 5.69 Å². The lowest BCUT2D eigenvalue weighted by Gasteiger charge is -2.14. The third kappa shape index (κ3) is 3.92. The topological polar surface area (TPSA) is 48.3 Å². The highest BCUT2D eigenvalue weighted by atomic mass is 16.7. The molecule has 0 amide bonds. The van der Waals surface area contributed by atoms with E-state index < -0.39 is 0 Å². The van der Waals surface area contributed by atoms with Gasteiger partial charge in [-0.1, -0.05) is 6.92 Å². The number of nitrogens with one attached hydrogen (secondary N) is 1. The normalized spacial score (nSPS) is 11.2. The number of methoxy groups -OCH3 is 2. The standard InChI is InChI=1S/C11H21N3O2/c1-4-5-14-9-13-7-10(14)6-12-8-11(15-2)16-3/h7,9,11-12H,4-6,8H2,1-3H3. The van der Waals surface area contributed by atoms with Gasteiger partial charge in [-0.3, -0.25) is 0 Å². The van der Waals surface area contributed by atoms with Crippen molar-refractivity contribution in [3.8, 4) is 0 Å². The average Bonchev–Trinajstić information content (AvgIpc) is 2.73. The van der Waals surface area contributed by atoms with E-state index in [1.807, 2.05) is 12.5 Å². The summed E-state index contributed by atoms with van der Waals surface area (Å²) in [5.41, 5.74) is 1.19. The lowest BCUT2D eigenvalue weighted by molar-refractivity contribution is -0.0989. The van der Waals surface area contributed by atoms with Gasteiger partial charge < -0.3 is 19.4 Å². The fourth-order valence-electron chi connectivity index (χ4n) is 1.52. The Morgan fingerprint density at radius 3 is 2.81 bits per heavy atom. The number of rotatable bonds is 8. The molecule has 1 aromatic heterocycles. The smallest absolute Gasteiger partial charge is 0.169 e. The maximum Gasteiger partial charge on any atom is 0.169 e. The molecule has 1 rings (SSSR count). The molecule has 16 heavy (non-hydrogen) atoms. The highest BCUT2D eigenvalue weighted by molar-refractivity contribution is 4.97. The first-order valence-corrected chi connectivity index (χ1v) is 5.57. The first-order chi connectivity index (χ1) is 7.81. The zero-order valence-corrected chi connectivity index (χ0v) is 10.3. The zero-order valence-electron chi connectivity index (χ0n) is 10.3. The van der Waals surface area contributed by atoms with Crippen LogP contribution in [0.2, 0.25) is 0 Å². The van der Waals surface area contributed by atoms with Gasteiger partial charge in [-0.25, -0.2) is 4.98 Å². The summed E-state index contributed by atoms with van der Waals surface area (Å²) in [6, 6.07) is 0. The van der Waals surface area contributed by atoms with Crippen molar-refractivity contribution in [3.63, 3.8) is 0 Å². The van der Waals surface area contributed by atoms with Crippen LogP contribution in [-0.2, 0) is 22.6 Å². The second-order valence-electron chi connectivity index (χ2n) is 3.61. The average molecular weight is 227 g/mol. The van der Waals surface area contributed by atoms with Crippen LogP contribution in [0.1, 0.15) is 19.0 Å². The van der Waals surface area contributed by atoms with Gasteiger partial charge in [0.15, 0.2) is 6.29 Å². The van der Waals surface area contributed by atoms with E-state index >= 15 is 0 Å². The van der Waals surface area contributed by atoms with Gasteiger partial charge in [0.1, 0.15) is 0 Å². The molecule has 5 nitrogen and oxygen atoms in total. The summed E-state index contributed by atoms with van der Waals surface area (Å²) < 4.78 is 12.3. The Labute approximate surface area is 96.8 Å². The molecule has 0 aliphatic carbocycles. The van der Waals surface area contributed by atoms with E-state index in [2.05, 4.69) is 21.8 Å². The fraction of sp³-hybridized carbons (Fsp3) is 0.727. The maximum atomic E-state index is 5.09. The van der Waals surface area contributed by atoms with Crippen molar-refractivity contribution in [2.24, 2.45) is 0 Å². The Kier molecular flexibility index (Phi) is 6.07. The van der Waals surface area contributed by atoms with E-state index in [0.29, 0.717) is 6.54 Å². The van der Waals surface area contributed by atoms with Crippen molar-refractivity contribution < 1.29 is 9.47 Å². The van der Waals surface area contributed by atoms with Crippen molar-refractivity contribution in [2.45, 2.75) is 32.7 Å². The zero-order chi connectivity index (χ0) is 11.8. The van der Waals surface area contributed by atoms with Crippen LogP contribution in [0.15, 0.2) is 12.5 Å². The van der Waals surface area contributed by atoms with Crippen LogP contribution >= 0.6 is 0 Å². The molecule has 92 valence electrons. The predicted octanol–water partition coefficient (Wildman–Crippen LogP) is 1.00. The Hall–Kier alpha value is -0.910. The van der Waals surface area contributed by atoms with E-state index in [4.69, 9.17) is 9.47 Å². The molecule has 0 bridgehead atoms. The summed E-state index contributed by atoms with van der Waals surface area (Å²) in [6.45, 7) is 4.62. The van der Waals surface area contributed by atoms with Crippen molar-refractivity contribution in [1.82, 2.24) is 14.9 Å². The predicted molar refractivity (Wildman–Crippen MR) is 62.0 cm³/mol. The van der Waals surface area contributed by atoms with Crippen molar-refractivity contribution in [3.05, 3.63) is 18.2 Å². The van der Waals surface area contributed by atoms with Crippen LogP contribution in [0.4, 0.5) is 0 Å². The molecule has 0 spiro atoms. The molecule has 5 heteroatoms. The monoisotopic (exact) mass is 227 g/mol. The SMILES string of the molecule is CCCn1cncc1CNCC(OC)OC. The summed E-state index contributed by atoms with van der Waals surface area (Å²) >= 11 is 0. The van der Waals surface area contributed by atoms with E-state index in [1.54, 1.807) is 14.2 Å². The largest absolute Gasteiger partial charge is 0.355 e. The Balaban J connectivity index is 2.33. The van der Waals surface area contributed by atoms with Gasteiger partial charge in [0.25, 0.3) is 0 Å². The first-order valence-electron chi connectivity index (χ1n) is 5.57. The number of ether oxygens (including phenoxy) is 2. The third-order valence-corrected chi connectivity index (χ3v) is 2.41. The molecule has 0 radical (unpaired) electrons. The minimum atomic E-state index is -0.192. The molecule has 0 atom stereocenters. The van der Waals surface area contributed by atoms with Gasteiger partial charge >= 0.3 is 0 Å². The molecule has 1 aromatic rings. The van der Waals surface area contributed by atoms with Crippen LogP contribution in [0.3, 0.4) is 0 Å². The minimum absolute atomic E-state index is 0.192. The van der Waals surface area contributed by atoms with Crippen LogP contribution in [-0.4, -0.2) is 36.6 Å². The lowest BCUT2D eigenvalue weighted by atomic mass is 10.4. The minimum Gasteiger partial charge on any atom is -0.355 e. The van der Waals surface area contributed by atoms with Crippen LogP contribution < -0.4 is 5.32 Å². The van der Waals surface area contributed by atoms with Gasteiger partial charge in [0, 0.05) is 40.1 Å². The van der Waals surface area contributed by atoms with Crippen molar-refractivity contribution >= 4 is 0 Å². The number of aryl methyl sites for hydroxylation is 1.